The van der Waals surface area contributed by atoms with E-state index in [0.29, 0.717) is 13.2 Å². The fourth-order valence-electron chi connectivity index (χ4n) is 1.51. The predicted octanol–water partition coefficient (Wildman–Crippen LogP) is 2.00. The van der Waals surface area contributed by atoms with E-state index < -0.39 is 0 Å². The molecule has 0 spiro atoms. The molecular weight excluding hydrogens is 214 g/mol. The molecule has 0 heterocycles. The third-order valence-electron chi connectivity index (χ3n) is 2.62. The summed E-state index contributed by atoms with van der Waals surface area (Å²) in [6, 6.07) is 8.73. The molecule has 0 atom stereocenters. The van der Waals surface area contributed by atoms with Crippen LogP contribution < -0.4 is 5.32 Å². The monoisotopic (exact) mass is 237 g/mol. The van der Waals surface area contributed by atoms with Gasteiger partial charge in [0.2, 0.25) is 0 Å². The quantitative estimate of drug-likeness (QED) is 0.666. The van der Waals surface area contributed by atoms with Gasteiger partial charge in [0.05, 0.1) is 19.8 Å². The van der Waals surface area contributed by atoms with Crippen LogP contribution in [0.2, 0.25) is 0 Å². The number of rotatable bonds is 9. The molecular formula is C14H23NO2. The SMILES string of the molecule is CCc1ccc(CNCCOCCOC)cc1. The van der Waals surface area contributed by atoms with Crippen molar-refractivity contribution in [2.45, 2.75) is 19.9 Å². The van der Waals surface area contributed by atoms with Gasteiger partial charge in [0, 0.05) is 20.2 Å². The van der Waals surface area contributed by atoms with Crippen LogP contribution >= 0.6 is 0 Å². The molecule has 1 aromatic carbocycles. The summed E-state index contributed by atoms with van der Waals surface area (Å²) in [6.07, 6.45) is 1.10. The second-order valence-electron chi connectivity index (χ2n) is 3.95. The highest BCUT2D eigenvalue weighted by Gasteiger charge is 1.93. The Hall–Kier alpha value is -0.900. The number of nitrogens with one attached hydrogen (secondary N) is 1. The third-order valence-corrected chi connectivity index (χ3v) is 2.62. The van der Waals surface area contributed by atoms with Crippen molar-refractivity contribution in [3.05, 3.63) is 35.4 Å². The molecule has 1 rings (SSSR count). The zero-order valence-electron chi connectivity index (χ0n) is 10.9. The van der Waals surface area contributed by atoms with E-state index in [9.17, 15) is 0 Å². The van der Waals surface area contributed by atoms with Crippen molar-refractivity contribution in [3.63, 3.8) is 0 Å². The van der Waals surface area contributed by atoms with Gasteiger partial charge in [-0.3, -0.25) is 0 Å². The van der Waals surface area contributed by atoms with Crippen LogP contribution in [0, 0.1) is 0 Å². The smallest absolute Gasteiger partial charge is 0.0700 e. The van der Waals surface area contributed by atoms with Crippen molar-refractivity contribution >= 4 is 0 Å². The summed E-state index contributed by atoms with van der Waals surface area (Å²) in [5.74, 6) is 0. The lowest BCUT2D eigenvalue weighted by molar-refractivity contribution is 0.0719. The van der Waals surface area contributed by atoms with Crippen LogP contribution in [-0.4, -0.2) is 33.5 Å². The van der Waals surface area contributed by atoms with Gasteiger partial charge in [-0.05, 0) is 17.5 Å². The second kappa shape index (κ2) is 9.16. The minimum Gasteiger partial charge on any atom is -0.382 e. The molecule has 0 unspecified atom stereocenters. The Kier molecular flexibility index (Phi) is 7.63. The van der Waals surface area contributed by atoms with Crippen LogP contribution in [0.5, 0.6) is 0 Å². The normalized spacial score (nSPS) is 10.7. The summed E-state index contributed by atoms with van der Waals surface area (Å²) >= 11 is 0. The average molecular weight is 237 g/mol. The Morgan fingerprint density at radius 3 is 2.35 bits per heavy atom. The second-order valence-corrected chi connectivity index (χ2v) is 3.95. The van der Waals surface area contributed by atoms with Crippen molar-refractivity contribution in [2.24, 2.45) is 0 Å². The summed E-state index contributed by atoms with van der Waals surface area (Å²) in [5, 5.41) is 3.35. The van der Waals surface area contributed by atoms with E-state index in [1.165, 1.54) is 11.1 Å². The summed E-state index contributed by atoms with van der Waals surface area (Å²) in [6.45, 7) is 6.01. The minimum absolute atomic E-state index is 0.665. The van der Waals surface area contributed by atoms with Crippen LogP contribution in [0.25, 0.3) is 0 Å². The highest BCUT2D eigenvalue weighted by atomic mass is 16.5. The molecule has 0 saturated carbocycles. The summed E-state index contributed by atoms with van der Waals surface area (Å²) in [4.78, 5) is 0. The molecule has 0 aliphatic carbocycles. The van der Waals surface area contributed by atoms with Crippen molar-refractivity contribution in [1.82, 2.24) is 5.32 Å². The van der Waals surface area contributed by atoms with Crippen molar-refractivity contribution in [2.75, 3.05) is 33.5 Å². The molecule has 0 aromatic heterocycles. The van der Waals surface area contributed by atoms with Gasteiger partial charge in [0.25, 0.3) is 0 Å². The Morgan fingerprint density at radius 1 is 1.00 bits per heavy atom. The van der Waals surface area contributed by atoms with E-state index in [2.05, 4.69) is 36.5 Å². The van der Waals surface area contributed by atoms with Crippen LogP contribution in [0.15, 0.2) is 24.3 Å². The number of hydrogen-bond donors (Lipinski definition) is 1. The zero-order valence-corrected chi connectivity index (χ0v) is 10.9. The van der Waals surface area contributed by atoms with Gasteiger partial charge >= 0.3 is 0 Å². The van der Waals surface area contributed by atoms with Gasteiger partial charge in [-0.2, -0.15) is 0 Å². The Bertz CT molecular complexity index is 285. The fourth-order valence-corrected chi connectivity index (χ4v) is 1.51. The number of hydrogen-bond acceptors (Lipinski definition) is 3. The van der Waals surface area contributed by atoms with E-state index >= 15 is 0 Å². The lowest BCUT2D eigenvalue weighted by atomic mass is 10.1. The lowest BCUT2D eigenvalue weighted by Gasteiger charge is -2.06. The molecule has 96 valence electrons. The Labute approximate surface area is 104 Å². The van der Waals surface area contributed by atoms with Crippen molar-refractivity contribution < 1.29 is 9.47 Å². The maximum Gasteiger partial charge on any atom is 0.0700 e. The molecule has 17 heavy (non-hydrogen) atoms. The van der Waals surface area contributed by atoms with E-state index in [0.717, 1.165) is 26.1 Å². The van der Waals surface area contributed by atoms with Gasteiger partial charge in [-0.15, -0.1) is 0 Å². The molecule has 0 bridgehead atoms. The van der Waals surface area contributed by atoms with Gasteiger partial charge < -0.3 is 14.8 Å². The standard InChI is InChI=1S/C14H23NO2/c1-3-13-4-6-14(7-5-13)12-15-8-9-17-11-10-16-2/h4-7,15H,3,8-12H2,1-2H3. The molecule has 0 amide bonds. The van der Waals surface area contributed by atoms with Gasteiger partial charge in [-0.1, -0.05) is 31.2 Å². The number of ether oxygens (including phenoxy) is 2. The fraction of sp³-hybridized carbons (Fsp3) is 0.571. The highest BCUT2D eigenvalue weighted by molar-refractivity contribution is 5.22. The average Bonchev–Trinajstić information content (AvgIpc) is 2.38. The molecule has 3 nitrogen and oxygen atoms in total. The van der Waals surface area contributed by atoms with E-state index in [1.54, 1.807) is 7.11 Å². The topological polar surface area (TPSA) is 30.5 Å². The first-order valence-electron chi connectivity index (χ1n) is 6.22. The Morgan fingerprint density at radius 2 is 1.71 bits per heavy atom. The molecule has 0 radical (unpaired) electrons. The van der Waals surface area contributed by atoms with Crippen LogP contribution in [0.1, 0.15) is 18.1 Å². The molecule has 0 fully saturated rings. The van der Waals surface area contributed by atoms with E-state index in [4.69, 9.17) is 9.47 Å². The van der Waals surface area contributed by atoms with Gasteiger partial charge in [0.1, 0.15) is 0 Å². The highest BCUT2D eigenvalue weighted by Crippen LogP contribution is 2.04. The van der Waals surface area contributed by atoms with Crippen LogP contribution in [0.3, 0.4) is 0 Å². The first kappa shape index (κ1) is 14.2. The van der Waals surface area contributed by atoms with E-state index in [-0.39, 0.29) is 0 Å². The molecule has 0 saturated heterocycles. The van der Waals surface area contributed by atoms with E-state index in [1.807, 2.05) is 0 Å². The van der Waals surface area contributed by atoms with Crippen LogP contribution in [0.4, 0.5) is 0 Å². The maximum absolute atomic E-state index is 5.36. The predicted molar refractivity (Wildman–Crippen MR) is 70.2 cm³/mol. The summed E-state index contributed by atoms with van der Waals surface area (Å²) in [7, 11) is 1.68. The molecule has 0 aliphatic rings. The maximum atomic E-state index is 5.36. The van der Waals surface area contributed by atoms with Crippen molar-refractivity contribution in [1.29, 1.82) is 0 Å². The number of methoxy groups -OCH3 is 1. The number of benzene rings is 1. The minimum atomic E-state index is 0.665. The third kappa shape index (κ3) is 6.41. The summed E-state index contributed by atoms with van der Waals surface area (Å²) < 4.78 is 10.3. The van der Waals surface area contributed by atoms with Crippen molar-refractivity contribution in [3.8, 4) is 0 Å². The largest absolute Gasteiger partial charge is 0.382 e. The zero-order chi connectivity index (χ0) is 12.3. The lowest BCUT2D eigenvalue weighted by Crippen LogP contribution is -2.20. The molecule has 0 aliphatic heterocycles. The van der Waals surface area contributed by atoms with Gasteiger partial charge in [-0.25, -0.2) is 0 Å². The first-order valence-corrected chi connectivity index (χ1v) is 6.22. The van der Waals surface area contributed by atoms with Crippen LogP contribution in [-0.2, 0) is 22.4 Å². The first-order chi connectivity index (χ1) is 8.36. The molecule has 1 aromatic rings. The molecule has 1 N–H and O–H groups in total. The summed E-state index contributed by atoms with van der Waals surface area (Å²) in [5.41, 5.74) is 2.70. The number of aryl methyl sites for hydroxylation is 1. The molecule has 3 heteroatoms. The van der Waals surface area contributed by atoms with Gasteiger partial charge in [0.15, 0.2) is 0 Å². The Balaban J connectivity index is 2.05.